The lowest BCUT2D eigenvalue weighted by Gasteiger charge is -2.40. The number of carbonyl (C=O) groups is 1. The van der Waals surface area contributed by atoms with Crippen LogP contribution in [-0.4, -0.2) is 19.6 Å². The normalized spacial score (nSPS) is 19.2. The van der Waals surface area contributed by atoms with Crippen molar-refractivity contribution in [2.75, 3.05) is 5.32 Å². The van der Waals surface area contributed by atoms with Gasteiger partial charge in [0.2, 0.25) is 5.91 Å². The summed E-state index contributed by atoms with van der Waals surface area (Å²) in [6.45, 7) is 0. The summed E-state index contributed by atoms with van der Waals surface area (Å²) < 4.78 is 39.4. The third-order valence-corrected chi connectivity index (χ3v) is 8.44. The van der Waals surface area contributed by atoms with Gasteiger partial charge in [-0.25, -0.2) is 12.8 Å². The SMILES string of the molecule is O=C(Nc1cccc(S(=O)(=O)C2CCCC2)c1)C1(c2cccc(F)c2)CCC1. The fourth-order valence-corrected chi connectivity index (χ4v) is 6.25. The van der Waals surface area contributed by atoms with E-state index in [-0.39, 0.29) is 21.9 Å². The molecular formula is C22H24FNO3S. The second-order valence-electron chi connectivity index (χ2n) is 7.88. The molecule has 4 rings (SSSR count). The Morgan fingerprint density at radius 2 is 1.71 bits per heavy atom. The van der Waals surface area contributed by atoms with Crippen LogP contribution in [0, 0.1) is 5.82 Å². The van der Waals surface area contributed by atoms with E-state index in [4.69, 9.17) is 0 Å². The minimum Gasteiger partial charge on any atom is -0.325 e. The molecule has 1 amide bonds. The number of anilines is 1. The van der Waals surface area contributed by atoms with Gasteiger partial charge in [0.25, 0.3) is 0 Å². The summed E-state index contributed by atoms with van der Waals surface area (Å²) in [5, 5.41) is 2.55. The zero-order chi connectivity index (χ0) is 19.8. The van der Waals surface area contributed by atoms with Crippen LogP contribution >= 0.6 is 0 Å². The molecule has 0 spiro atoms. The van der Waals surface area contributed by atoms with E-state index in [0.717, 1.165) is 19.3 Å². The monoisotopic (exact) mass is 401 g/mol. The average Bonchev–Trinajstić information content (AvgIpc) is 3.16. The number of sulfone groups is 1. The molecule has 2 aliphatic carbocycles. The Morgan fingerprint density at radius 1 is 1.00 bits per heavy atom. The van der Waals surface area contributed by atoms with E-state index in [0.29, 0.717) is 36.9 Å². The highest BCUT2D eigenvalue weighted by Gasteiger charge is 2.45. The van der Waals surface area contributed by atoms with Crippen molar-refractivity contribution in [2.45, 2.75) is 60.5 Å². The molecule has 4 nitrogen and oxygen atoms in total. The molecule has 2 saturated carbocycles. The second-order valence-corrected chi connectivity index (χ2v) is 10.1. The molecule has 1 N–H and O–H groups in total. The van der Waals surface area contributed by atoms with Crippen molar-refractivity contribution in [3.05, 3.63) is 59.9 Å². The van der Waals surface area contributed by atoms with Gasteiger partial charge in [0.1, 0.15) is 5.82 Å². The van der Waals surface area contributed by atoms with Crippen molar-refractivity contribution in [2.24, 2.45) is 0 Å². The quantitative estimate of drug-likeness (QED) is 0.796. The first-order valence-corrected chi connectivity index (χ1v) is 11.4. The first-order chi connectivity index (χ1) is 13.4. The predicted octanol–water partition coefficient (Wildman–Crippen LogP) is 4.60. The molecule has 0 bridgehead atoms. The second kappa shape index (κ2) is 7.32. The van der Waals surface area contributed by atoms with Gasteiger partial charge in [-0.1, -0.05) is 37.5 Å². The van der Waals surface area contributed by atoms with Crippen molar-refractivity contribution >= 4 is 21.4 Å². The molecule has 0 aromatic heterocycles. The van der Waals surface area contributed by atoms with Crippen LogP contribution in [0.5, 0.6) is 0 Å². The van der Waals surface area contributed by atoms with Gasteiger partial charge in [-0.15, -0.1) is 0 Å². The summed E-state index contributed by atoms with van der Waals surface area (Å²) in [4.78, 5) is 13.3. The lowest BCUT2D eigenvalue weighted by Crippen LogP contribution is -2.46. The van der Waals surface area contributed by atoms with E-state index in [2.05, 4.69) is 5.32 Å². The van der Waals surface area contributed by atoms with Crippen molar-refractivity contribution in [1.29, 1.82) is 0 Å². The van der Waals surface area contributed by atoms with Gasteiger partial charge >= 0.3 is 0 Å². The maximum absolute atomic E-state index is 13.7. The van der Waals surface area contributed by atoms with Crippen LogP contribution in [0.3, 0.4) is 0 Å². The summed E-state index contributed by atoms with van der Waals surface area (Å²) in [6, 6.07) is 12.7. The molecule has 0 saturated heterocycles. The van der Waals surface area contributed by atoms with Crippen LogP contribution in [0.15, 0.2) is 53.4 Å². The van der Waals surface area contributed by atoms with Crippen LogP contribution in [0.25, 0.3) is 0 Å². The molecule has 0 atom stereocenters. The van der Waals surface area contributed by atoms with E-state index in [1.807, 2.05) is 0 Å². The number of hydrogen-bond donors (Lipinski definition) is 1. The number of carbonyl (C=O) groups excluding carboxylic acids is 1. The first-order valence-electron chi connectivity index (χ1n) is 9.83. The molecule has 2 aliphatic rings. The Balaban J connectivity index is 1.58. The van der Waals surface area contributed by atoms with Gasteiger partial charge in [-0.05, 0) is 61.6 Å². The summed E-state index contributed by atoms with van der Waals surface area (Å²) >= 11 is 0. The van der Waals surface area contributed by atoms with Gasteiger partial charge in [0.05, 0.1) is 15.6 Å². The van der Waals surface area contributed by atoms with Gasteiger partial charge < -0.3 is 5.32 Å². The fourth-order valence-electron chi connectivity index (χ4n) is 4.36. The van der Waals surface area contributed by atoms with E-state index < -0.39 is 15.3 Å². The van der Waals surface area contributed by atoms with Crippen molar-refractivity contribution in [1.82, 2.24) is 0 Å². The van der Waals surface area contributed by atoms with Gasteiger partial charge in [-0.3, -0.25) is 4.79 Å². The van der Waals surface area contributed by atoms with E-state index in [1.165, 1.54) is 12.1 Å². The molecule has 0 unspecified atom stereocenters. The maximum Gasteiger partial charge on any atom is 0.235 e. The minimum absolute atomic E-state index is 0.209. The number of benzene rings is 2. The third-order valence-electron chi connectivity index (χ3n) is 6.18. The van der Waals surface area contributed by atoms with Crippen LogP contribution < -0.4 is 5.32 Å². The topological polar surface area (TPSA) is 63.2 Å². The predicted molar refractivity (Wildman–Crippen MR) is 106 cm³/mol. The molecule has 2 aromatic rings. The fraction of sp³-hybridized carbons (Fsp3) is 0.409. The maximum atomic E-state index is 13.7. The van der Waals surface area contributed by atoms with Crippen LogP contribution in [-0.2, 0) is 20.0 Å². The Kier molecular flexibility index (Phi) is 5.00. The molecule has 0 heterocycles. The summed E-state index contributed by atoms with van der Waals surface area (Å²) in [7, 11) is -3.38. The zero-order valence-electron chi connectivity index (χ0n) is 15.7. The van der Waals surface area contributed by atoms with Gasteiger partial charge in [-0.2, -0.15) is 0 Å². The van der Waals surface area contributed by atoms with E-state index in [1.54, 1.807) is 36.4 Å². The highest BCUT2D eigenvalue weighted by atomic mass is 32.2. The molecule has 0 aliphatic heterocycles. The van der Waals surface area contributed by atoms with E-state index in [9.17, 15) is 17.6 Å². The molecule has 2 fully saturated rings. The number of nitrogens with one attached hydrogen (secondary N) is 1. The summed E-state index contributed by atoms with van der Waals surface area (Å²) in [5.74, 6) is -0.569. The van der Waals surface area contributed by atoms with Crippen molar-refractivity contribution < 1.29 is 17.6 Å². The van der Waals surface area contributed by atoms with Crippen LogP contribution in [0.2, 0.25) is 0 Å². The Morgan fingerprint density at radius 3 is 2.36 bits per heavy atom. The Labute approximate surface area is 165 Å². The first kappa shape index (κ1) is 19.1. The van der Waals surface area contributed by atoms with Crippen molar-refractivity contribution in [3.63, 3.8) is 0 Å². The standard InChI is InChI=1S/C22H24FNO3S/c23-17-7-3-6-16(14-17)22(12-5-13-22)21(25)24-18-8-4-11-20(15-18)28(26,27)19-9-1-2-10-19/h3-4,6-8,11,14-15,19H,1-2,5,9-10,12-13H2,(H,24,25). The molecule has 0 radical (unpaired) electrons. The Hall–Kier alpha value is -2.21. The molecule has 28 heavy (non-hydrogen) atoms. The average molecular weight is 402 g/mol. The smallest absolute Gasteiger partial charge is 0.235 e. The summed E-state index contributed by atoms with van der Waals surface area (Å²) in [6.07, 6.45) is 5.49. The van der Waals surface area contributed by atoms with Crippen LogP contribution in [0.1, 0.15) is 50.5 Å². The third kappa shape index (κ3) is 3.34. The number of amides is 1. The van der Waals surface area contributed by atoms with Crippen molar-refractivity contribution in [3.8, 4) is 0 Å². The molecule has 2 aromatic carbocycles. The lowest BCUT2D eigenvalue weighted by atomic mass is 9.63. The lowest BCUT2D eigenvalue weighted by molar-refractivity contribution is -0.124. The minimum atomic E-state index is -3.38. The largest absolute Gasteiger partial charge is 0.325 e. The van der Waals surface area contributed by atoms with Gasteiger partial charge in [0, 0.05) is 5.69 Å². The van der Waals surface area contributed by atoms with E-state index >= 15 is 0 Å². The van der Waals surface area contributed by atoms with Crippen LogP contribution in [0.4, 0.5) is 10.1 Å². The highest BCUT2D eigenvalue weighted by molar-refractivity contribution is 7.92. The highest BCUT2D eigenvalue weighted by Crippen LogP contribution is 2.45. The zero-order valence-corrected chi connectivity index (χ0v) is 16.5. The number of rotatable bonds is 5. The molecule has 148 valence electrons. The molecular weight excluding hydrogens is 377 g/mol. The van der Waals surface area contributed by atoms with Gasteiger partial charge in [0.15, 0.2) is 9.84 Å². The number of halogens is 1. The Bertz CT molecular complexity index is 992. The molecule has 6 heteroatoms. The number of hydrogen-bond acceptors (Lipinski definition) is 3. The summed E-state index contributed by atoms with van der Waals surface area (Å²) in [5.41, 5.74) is 0.389.